The molecule has 11 heteroatoms. The molecule has 0 bridgehead atoms. The molecular weight excluding hydrogens is 477 g/mol. The van der Waals surface area contributed by atoms with Crippen LogP contribution in [0.25, 0.3) is 0 Å². The summed E-state index contributed by atoms with van der Waals surface area (Å²) in [6.45, 7) is 2.84. The number of fused-ring (bicyclic) bond motifs is 1. The van der Waals surface area contributed by atoms with Crippen LogP contribution in [-0.4, -0.2) is 54.5 Å². The third kappa shape index (κ3) is 4.60. The van der Waals surface area contributed by atoms with Gasteiger partial charge in [-0.3, -0.25) is 14.4 Å². The molecule has 32 heavy (non-hydrogen) atoms. The van der Waals surface area contributed by atoms with Crippen LogP contribution < -0.4 is 5.32 Å². The maximum Gasteiger partial charge on any atom is 0.269 e. The Hall–Kier alpha value is -2.62. The summed E-state index contributed by atoms with van der Waals surface area (Å²) in [5, 5.41) is 3.24. The number of rotatable bonds is 7. The van der Waals surface area contributed by atoms with Gasteiger partial charge in [0.15, 0.2) is 0 Å². The number of nitrogens with zero attached hydrogens (tertiary/aromatic N) is 2. The van der Waals surface area contributed by atoms with Gasteiger partial charge in [-0.1, -0.05) is 41.4 Å². The molecule has 0 fully saturated rings. The van der Waals surface area contributed by atoms with Crippen molar-refractivity contribution in [2.24, 2.45) is 0 Å². The van der Waals surface area contributed by atoms with Crippen molar-refractivity contribution in [3.8, 4) is 0 Å². The average molecular weight is 498 g/mol. The van der Waals surface area contributed by atoms with Crippen LogP contribution in [0.1, 0.15) is 29.8 Å². The van der Waals surface area contributed by atoms with E-state index in [1.807, 2.05) is 0 Å². The van der Waals surface area contributed by atoms with Crippen molar-refractivity contribution in [1.82, 2.24) is 14.5 Å². The molecule has 0 saturated heterocycles. The number of halogens is 2. The summed E-state index contributed by atoms with van der Waals surface area (Å²) >= 11 is 12.0. The highest BCUT2D eigenvalue weighted by Gasteiger charge is 2.43. The Morgan fingerprint density at radius 2 is 1.81 bits per heavy atom. The van der Waals surface area contributed by atoms with E-state index in [9.17, 15) is 22.8 Å². The van der Waals surface area contributed by atoms with Crippen LogP contribution in [0.4, 0.5) is 0 Å². The number of benzene rings is 2. The van der Waals surface area contributed by atoms with Crippen molar-refractivity contribution in [3.63, 3.8) is 0 Å². The first-order valence-corrected chi connectivity index (χ1v) is 11.9. The number of amides is 3. The van der Waals surface area contributed by atoms with E-state index in [1.54, 1.807) is 31.2 Å². The summed E-state index contributed by atoms with van der Waals surface area (Å²) in [5.74, 6) is -1.91. The topological polar surface area (TPSA) is 104 Å². The fourth-order valence-electron chi connectivity index (χ4n) is 3.34. The lowest BCUT2D eigenvalue weighted by atomic mass is 10.1. The van der Waals surface area contributed by atoms with Gasteiger partial charge in [0.25, 0.3) is 15.9 Å². The van der Waals surface area contributed by atoms with E-state index in [0.29, 0.717) is 21.4 Å². The Morgan fingerprint density at radius 3 is 2.44 bits per heavy atom. The number of nitrogens with one attached hydrogen (secondary N) is 1. The van der Waals surface area contributed by atoms with Gasteiger partial charge in [-0.2, -0.15) is 0 Å². The van der Waals surface area contributed by atoms with E-state index in [0.717, 1.165) is 0 Å². The van der Waals surface area contributed by atoms with E-state index in [1.165, 1.54) is 30.0 Å². The number of sulfonamides is 1. The average Bonchev–Trinajstić information content (AvgIpc) is 2.95. The fourth-order valence-corrected chi connectivity index (χ4v) is 5.18. The summed E-state index contributed by atoms with van der Waals surface area (Å²) in [7, 11) is -4.17. The lowest BCUT2D eigenvalue weighted by molar-refractivity contribution is -0.140. The van der Waals surface area contributed by atoms with E-state index < -0.39 is 40.3 Å². The zero-order valence-electron chi connectivity index (χ0n) is 17.3. The molecule has 170 valence electrons. The standard InChI is InChI=1S/C21H21Cl2N3O5S/c1-3-24-20(28)13(2)25(11-14-8-9-16(22)17(23)10-14)19(27)12-26-21(29)15-6-4-5-7-18(15)32(26,30)31/h4-10,13H,3,11-12H2,1-2H3,(H,24,28). The van der Waals surface area contributed by atoms with Crippen molar-refractivity contribution < 1.29 is 22.8 Å². The normalized spacial score (nSPS) is 15.2. The Kier molecular flexibility index (Phi) is 7.12. The number of carbonyl (C=O) groups is 3. The first kappa shape index (κ1) is 24.0. The van der Waals surface area contributed by atoms with E-state index in [4.69, 9.17) is 23.2 Å². The molecule has 2 aromatic rings. The Morgan fingerprint density at radius 1 is 1.12 bits per heavy atom. The summed E-state index contributed by atoms with van der Waals surface area (Å²) < 4.78 is 26.2. The highest BCUT2D eigenvalue weighted by molar-refractivity contribution is 7.90. The molecule has 8 nitrogen and oxygen atoms in total. The minimum Gasteiger partial charge on any atom is -0.355 e. The summed E-state index contributed by atoms with van der Waals surface area (Å²) in [5.41, 5.74) is 0.593. The maximum atomic E-state index is 13.2. The predicted molar refractivity (Wildman–Crippen MR) is 120 cm³/mol. The van der Waals surface area contributed by atoms with Gasteiger partial charge in [0.05, 0.1) is 15.6 Å². The SMILES string of the molecule is CCNC(=O)C(C)N(Cc1ccc(Cl)c(Cl)c1)C(=O)CN1C(=O)c2ccccc2S1(=O)=O. The van der Waals surface area contributed by atoms with Gasteiger partial charge >= 0.3 is 0 Å². The number of hydrogen-bond acceptors (Lipinski definition) is 5. The third-order valence-electron chi connectivity index (χ3n) is 5.05. The van der Waals surface area contributed by atoms with Crippen LogP contribution in [0.5, 0.6) is 0 Å². The Balaban J connectivity index is 1.90. The maximum absolute atomic E-state index is 13.2. The van der Waals surface area contributed by atoms with Crippen LogP contribution in [0, 0.1) is 0 Å². The van der Waals surface area contributed by atoms with Crippen molar-refractivity contribution >= 4 is 50.9 Å². The van der Waals surface area contributed by atoms with Crippen LogP contribution in [0.2, 0.25) is 10.0 Å². The van der Waals surface area contributed by atoms with E-state index in [2.05, 4.69) is 5.32 Å². The molecular formula is C21H21Cl2N3O5S. The lowest BCUT2D eigenvalue weighted by Gasteiger charge is -2.30. The minimum absolute atomic E-state index is 0.00751. The molecule has 0 radical (unpaired) electrons. The monoisotopic (exact) mass is 497 g/mol. The van der Waals surface area contributed by atoms with Crippen LogP contribution in [0.3, 0.4) is 0 Å². The second kappa shape index (κ2) is 9.48. The highest BCUT2D eigenvalue weighted by Crippen LogP contribution is 2.30. The van der Waals surface area contributed by atoms with Crippen LogP contribution >= 0.6 is 23.2 Å². The van der Waals surface area contributed by atoms with Gasteiger partial charge in [0.1, 0.15) is 17.5 Å². The molecule has 2 aromatic carbocycles. The summed E-state index contributed by atoms with van der Waals surface area (Å²) in [6.07, 6.45) is 0. The molecule has 0 saturated carbocycles. The Bertz CT molecular complexity index is 1190. The molecule has 1 atom stereocenters. The Labute approximate surface area is 196 Å². The largest absolute Gasteiger partial charge is 0.355 e. The molecule has 1 N–H and O–H groups in total. The van der Waals surface area contributed by atoms with Crippen LogP contribution in [0.15, 0.2) is 47.4 Å². The molecule has 1 unspecified atom stereocenters. The first-order valence-electron chi connectivity index (χ1n) is 9.75. The number of carbonyl (C=O) groups excluding carboxylic acids is 3. The van der Waals surface area contributed by atoms with Crippen molar-refractivity contribution in [2.75, 3.05) is 13.1 Å². The number of likely N-dealkylation sites (N-methyl/N-ethyl adjacent to an activating group) is 1. The van der Waals surface area contributed by atoms with Gasteiger partial charge in [-0.05, 0) is 43.7 Å². The van der Waals surface area contributed by atoms with Gasteiger partial charge in [-0.15, -0.1) is 0 Å². The quantitative estimate of drug-likeness (QED) is 0.633. The third-order valence-corrected chi connectivity index (χ3v) is 7.57. The van der Waals surface area contributed by atoms with Gasteiger partial charge in [-0.25, -0.2) is 12.7 Å². The molecule has 0 aliphatic carbocycles. The van der Waals surface area contributed by atoms with Gasteiger partial charge in [0, 0.05) is 13.1 Å². The molecule has 1 aliphatic heterocycles. The smallest absolute Gasteiger partial charge is 0.269 e. The van der Waals surface area contributed by atoms with E-state index >= 15 is 0 Å². The second-order valence-electron chi connectivity index (χ2n) is 7.15. The van der Waals surface area contributed by atoms with Crippen molar-refractivity contribution in [2.45, 2.75) is 31.3 Å². The molecule has 0 aromatic heterocycles. The molecule has 1 heterocycles. The van der Waals surface area contributed by atoms with E-state index in [-0.39, 0.29) is 22.0 Å². The summed E-state index contributed by atoms with van der Waals surface area (Å²) in [4.78, 5) is 39.4. The van der Waals surface area contributed by atoms with Crippen molar-refractivity contribution in [1.29, 1.82) is 0 Å². The van der Waals surface area contributed by atoms with Gasteiger partial charge in [0.2, 0.25) is 11.8 Å². The zero-order chi connectivity index (χ0) is 23.6. The zero-order valence-corrected chi connectivity index (χ0v) is 19.7. The van der Waals surface area contributed by atoms with Crippen LogP contribution in [-0.2, 0) is 26.2 Å². The molecule has 3 amide bonds. The summed E-state index contributed by atoms with van der Waals surface area (Å²) in [6, 6.07) is 9.59. The van der Waals surface area contributed by atoms with Crippen molar-refractivity contribution in [3.05, 3.63) is 63.6 Å². The number of hydrogen-bond donors (Lipinski definition) is 1. The molecule has 3 rings (SSSR count). The fraction of sp³-hybridized carbons (Fsp3) is 0.286. The molecule has 1 aliphatic rings. The minimum atomic E-state index is -4.17. The lowest BCUT2D eigenvalue weighted by Crippen LogP contribution is -2.51. The second-order valence-corrected chi connectivity index (χ2v) is 9.80. The van der Waals surface area contributed by atoms with Gasteiger partial charge < -0.3 is 10.2 Å². The predicted octanol–water partition coefficient (Wildman–Crippen LogP) is 2.69. The molecule has 0 spiro atoms. The first-order chi connectivity index (χ1) is 15.1. The highest BCUT2D eigenvalue weighted by atomic mass is 35.5.